The maximum atomic E-state index is 15.0. The molecule has 0 aromatic heterocycles. The van der Waals surface area contributed by atoms with E-state index in [1.165, 1.54) is 6.07 Å². The highest BCUT2D eigenvalue weighted by Gasteiger charge is 2.23. The number of benzene rings is 2. The lowest BCUT2D eigenvalue weighted by atomic mass is 9.91. The molecule has 0 saturated carbocycles. The predicted molar refractivity (Wildman–Crippen MR) is 112 cm³/mol. The fraction of sp³-hybridized carbons (Fsp3) is 0.360. The van der Waals surface area contributed by atoms with Crippen molar-refractivity contribution >= 4 is 5.57 Å². The van der Waals surface area contributed by atoms with Crippen LogP contribution in [0.3, 0.4) is 0 Å². The molecule has 0 N–H and O–H groups in total. The SMILES string of the molecule is C=C(/C(F)=C(/F)C(CCC)c1ccc(F)c(F)c1)c1ccc(CCCCC)cc1. The molecule has 4 heteroatoms. The van der Waals surface area contributed by atoms with Crippen LogP contribution in [0.15, 0.2) is 60.7 Å². The standard InChI is InChI=1S/C25H28F4/c1-4-6-7-9-18-10-12-19(13-11-18)17(3)24(28)25(29)21(8-5-2)20-14-15-22(26)23(27)16-20/h10-16,21H,3-9H2,1-2H3/b25-24-. The Morgan fingerprint density at radius 2 is 1.59 bits per heavy atom. The maximum absolute atomic E-state index is 15.0. The van der Waals surface area contributed by atoms with Crippen molar-refractivity contribution in [3.05, 3.63) is 89.0 Å². The van der Waals surface area contributed by atoms with E-state index >= 15 is 4.39 Å². The van der Waals surface area contributed by atoms with Gasteiger partial charge in [-0.05, 0) is 48.1 Å². The first-order valence-electron chi connectivity index (χ1n) is 10.2. The second kappa shape index (κ2) is 11.0. The first-order valence-corrected chi connectivity index (χ1v) is 10.2. The van der Waals surface area contributed by atoms with Crippen LogP contribution in [0.25, 0.3) is 5.57 Å². The van der Waals surface area contributed by atoms with Gasteiger partial charge in [0.1, 0.15) is 5.83 Å². The number of unbranched alkanes of at least 4 members (excludes halogenated alkanes) is 2. The van der Waals surface area contributed by atoms with Gasteiger partial charge in [0.25, 0.3) is 0 Å². The lowest BCUT2D eigenvalue weighted by Gasteiger charge is -2.17. The Morgan fingerprint density at radius 1 is 0.897 bits per heavy atom. The normalized spacial score (nSPS) is 13.2. The summed E-state index contributed by atoms with van der Waals surface area (Å²) in [5.74, 6) is -5.13. The molecular weight excluding hydrogens is 376 g/mol. The van der Waals surface area contributed by atoms with Gasteiger partial charge in [-0.1, -0.05) is 70.0 Å². The summed E-state index contributed by atoms with van der Waals surface area (Å²) in [4.78, 5) is 0. The Morgan fingerprint density at radius 3 is 2.17 bits per heavy atom. The minimum Gasteiger partial charge on any atom is -0.208 e. The Kier molecular flexibility index (Phi) is 8.69. The van der Waals surface area contributed by atoms with Crippen molar-refractivity contribution in [3.8, 4) is 0 Å². The molecule has 0 nitrogen and oxygen atoms in total. The Labute approximate surface area is 171 Å². The lowest BCUT2D eigenvalue weighted by Crippen LogP contribution is -2.03. The molecule has 0 radical (unpaired) electrons. The summed E-state index contributed by atoms with van der Waals surface area (Å²) in [6.45, 7) is 7.68. The van der Waals surface area contributed by atoms with Crippen LogP contribution in [0.1, 0.15) is 68.6 Å². The zero-order chi connectivity index (χ0) is 21.4. The second-order valence-corrected chi connectivity index (χ2v) is 7.31. The predicted octanol–water partition coefficient (Wildman–Crippen LogP) is 8.45. The zero-order valence-corrected chi connectivity index (χ0v) is 17.1. The topological polar surface area (TPSA) is 0 Å². The van der Waals surface area contributed by atoms with Crippen molar-refractivity contribution in [2.24, 2.45) is 0 Å². The molecule has 0 aliphatic rings. The molecule has 2 aromatic carbocycles. The highest BCUT2D eigenvalue weighted by atomic mass is 19.2. The van der Waals surface area contributed by atoms with Crippen molar-refractivity contribution in [1.82, 2.24) is 0 Å². The Bertz CT molecular complexity index is 850. The van der Waals surface area contributed by atoms with Gasteiger partial charge in [-0.3, -0.25) is 0 Å². The van der Waals surface area contributed by atoms with Gasteiger partial charge in [-0.25, -0.2) is 17.6 Å². The van der Waals surface area contributed by atoms with Crippen LogP contribution in [0.4, 0.5) is 17.6 Å². The van der Waals surface area contributed by atoms with E-state index in [-0.39, 0.29) is 17.6 Å². The van der Waals surface area contributed by atoms with Gasteiger partial charge in [0.2, 0.25) is 0 Å². The van der Waals surface area contributed by atoms with Gasteiger partial charge in [0.15, 0.2) is 17.5 Å². The van der Waals surface area contributed by atoms with Gasteiger partial charge < -0.3 is 0 Å². The molecule has 0 saturated heterocycles. The Balaban J connectivity index is 2.25. The van der Waals surface area contributed by atoms with Crippen LogP contribution in [0, 0.1) is 11.6 Å². The molecule has 0 fully saturated rings. The highest BCUT2D eigenvalue weighted by Crippen LogP contribution is 2.37. The molecule has 2 aromatic rings. The lowest BCUT2D eigenvalue weighted by molar-refractivity contribution is 0.470. The van der Waals surface area contributed by atoms with Gasteiger partial charge in [-0.2, -0.15) is 0 Å². The highest BCUT2D eigenvalue weighted by molar-refractivity contribution is 5.76. The molecule has 29 heavy (non-hydrogen) atoms. The molecule has 1 atom stereocenters. The van der Waals surface area contributed by atoms with E-state index in [4.69, 9.17) is 0 Å². The third-order valence-electron chi connectivity index (χ3n) is 5.08. The molecule has 0 heterocycles. The minimum atomic E-state index is -1.07. The van der Waals surface area contributed by atoms with E-state index in [2.05, 4.69) is 13.5 Å². The average molecular weight is 404 g/mol. The van der Waals surface area contributed by atoms with Crippen LogP contribution in [-0.4, -0.2) is 0 Å². The van der Waals surface area contributed by atoms with E-state index in [0.29, 0.717) is 12.0 Å². The van der Waals surface area contributed by atoms with Crippen molar-refractivity contribution in [3.63, 3.8) is 0 Å². The second-order valence-electron chi connectivity index (χ2n) is 7.31. The first-order chi connectivity index (χ1) is 13.9. The molecule has 1 unspecified atom stereocenters. The fourth-order valence-corrected chi connectivity index (χ4v) is 3.33. The molecule has 156 valence electrons. The van der Waals surface area contributed by atoms with Crippen LogP contribution < -0.4 is 0 Å². The molecule has 2 rings (SSSR count). The minimum absolute atomic E-state index is 0.0497. The van der Waals surface area contributed by atoms with Crippen molar-refractivity contribution in [2.75, 3.05) is 0 Å². The van der Waals surface area contributed by atoms with Crippen molar-refractivity contribution in [2.45, 2.75) is 58.3 Å². The number of allylic oxidation sites excluding steroid dienone is 3. The van der Waals surface area contributed by atoms with Gasteiger partial charge in [-0.15, -0.1) is 0 Å². The first kappa shape index (κ1) is 22.9. The molecular formula is C25H28F4. The number of hydrogen-bond donors (Lipinski definition) is 0. The monoisotopic (exact) mass is 404 g/mol. The third kappa shape index (κ3) is 6.06. The van der Waals surface area contributed by atoms with Crippen molar-refractivity contribution < 1.29 is 17.6 Å². The maximum Gasteiger partial charge on any atom is 0.162 e. The molecule has 0 aliphatic heterocycles. The van der Waals surface area contributed by atoms with Gasteiger partial charge in [0, 0.05) is 11.5 Å². The van der Waals surface area contributed by atoms with E-state index < -0.39 is 29.2 Å². The molecule has 0 bridgehead atoms. The van der Waals surface area contributed by atoms with Crippen LogP contribution in [0.2, 0.25) is 0 Å². The Hall–Kier alpha value is -2.36. The van der Waals surface area contributed by atoms with E-state index in [9.17, 15) is 13.2 Å². The van der Waals surface area contributed by atoms with E-state index in [1.807, 2.05) is 19.1 Å². The summed E-state index contributed by atoms with van der Waals surface area (Å²) in [7, 11) is 0. The number of rotatable bonds is 10. The van der Waals surface area contributed by atoms with Crippen LogP contribution in [-0.2, 0) is 6.42 Å². The smallest absolute Gasteiger partial charge is 0.162 e. The van der Waals surface area contributed by atoms with Crippen molar-refractivity contribution in [1.29, 1.82) is 0 Å². The number of hydrogen-bond acceptors (Lipinski definition) is 0. The number of aryl methyl sites for hydroxylation is 1. The zero-order valence-electron chi connectivity index (χ0n) is 17.1. The van der Waals surface area contributed by atoms with Crippen LogP contribution in [0.5, 0.6) is 0 Å². The van der Waals surface area contributed by atoms with E-state index in [0.717, 1.165) is 43.4 Å². The summed E-state index contributed by atoms with van der Waals surface area (Å²) in [5, 5.41) is 0. The fourth-order valence-electron chi connectivity index (χ4n) is 3.33. The van der Waals surface area contributed by atoms with Crippen LogP contribution >= 0.6 is 0 Å². The van der Waals surface area contributed by atoms with Gasteiger partial charge in [0.05, 0.1) is 0 Å². The summed E-state index contributed by atoms with van der Waals surface area (Å²) >= 11 is 0. The quantitative estimate of drug-likeness (QED) is 0.212. The summed E-state index contributed by atoms with van der Waals surface area (Å²) in [6, 6.07) is 10.4. The molecule has 0 aliphatic carbocycles. The van der Waals surface area contributed by atoms with E-state index in [1.54, 1.807) is 12.1 Å². The summed E-state index contributed by atoms with van der Waals surface area (Å²) in [6.07, 6.45) is 5.16. The molecule has 0 amide bonds. The summed E-state index contributed by atoms with van der Waals surface area (Å²) in [5.41, 5.74) is 1.80. The third-order valence-corrected chi connectivity index (χ3v) is 5.08. The summed E-state index contributed by atoms with van der Waals surface area (Å²) < 4.78 is 56.7. The largest absolute Gasteiger partial charge is 0.208 e. The molecule has 0 spiro atoms. The number of halogens is 4. The van der Waals surface area contributed by atoms with Gasteiger partial charge >= 0.3 is 0 Å². The average Bonchev–Trinajstić information content (AvgIpc) is 2.73.